The Bertz CT molecular complexity index is 455. The van der Waals surface area contributed by atoms with E-state index in [0.29, 0.717) is 11.1 Å². The zero-order valence-electron chi connectivity index (χ0n) is 8.55. The van der Waals surface area contributed by atoms with Crippen molar-refractivity contribution in [2.75, 3.05) is 0 Å². The predicted molar refractivity (Wildman–Crippen MR) is 60.9 cm³/mol. The van der Waals surface area contributed by atoms with Gasteiger partial charge in [-0.05, 0) is 23.3 Å². The number of alkyl halides is 3. The summed E-state index contributed by atoms with van der Waals surface area (Å²) in [4.78, 5) is 0. The van der Waals surface area contributed by atoms with E-state index in [1.54, 1.807) is 24.3 Å². The molecule has 92 valence electrons. The molecule has 1 aromatic carbocycles. The van der Waals surface area contributed by atoms with Crippen molar-refractivity contribution in [2.24, 2.45) is 0 Å². The number of rotatable bonds is 1. The van der Waals surface area contributed by atoms with Gasteiger partial charge in [-0.15, -0.1) is 0 Å². The van der Waals surface area contributed by atoms with Crippen molar-refractivity contribution in [3.63, 3.8) is 0 Å². The molecular formula is C11H9BrF3NO. The van der Waals surface area contributed by atoms with Crippen LogP contribution in [0.1, 0.15) is 12.0 Å². The van der Waals surface area contributed by atoms with Crippen LogP contribution >= 0.6 is 15.9 Å². The number of hydrogen-bond acceptors (Lipinski definition) is 2. The fourth-order valence-corrected chi connectivity index (χ4v) is 1.88. The zero-order valence-corrected chi connectivity index (χ0v) is 10.1. The van der Waals surface area contributed by atoms with E-state index in [0.717, 1.165) is 4.47 Å². The summed E-state index contributed by atoms with van der Waals surface area (Å²) in [6, 6.07) is 6.86. The first kappa shape index (κ1) is 12.4. The minimum Gasteiger partial charge on any atom is -0.363 e. The fourth-order valence-electron chi connectivity index (χ4n) is 1.62. The monoisotopic (exact) mass is 307 g/mol. The number of aliphatic hydroxyl groups is 1. The summed E-state index contributed by atoms with van der Waals surface area (Å²) in [7, 11) is 0. The van der Waals surface area contributed by atoms with E-state index in [-0.39, 0.29) is 0 Å². The molecule has 2 rings (SSSR count). The van der Waals surface area contributed by atoms with E-state index in [4.69, 9.17) is 0 Å². The third kappa shape index (κ3) is 2.32. The van der Waals surface area contributed by atoms with Crippen LogP contribution in [0.4, 0.5) is 13.2 Å². The second-order valence-corrected chi connectivity index (χ2v) is 4.77. The van der Waals surface area contributed by atoms with Gasteiger partial charge in [-0.1, -0.05) is 28.1 Å². The van der Waals surface area contributed by atoms with E-state index < -0.39 is 18.3 Å². The first-order chi connectivity index (χ1) is 7.82. The molecule has 0 fully saturated rings. The standard InChI is InChI=1S/C11H9BrF3NO/c12-9-3-1-7(2-4-9)8-5-10(17,16-6-8)11(13,14)15/h1-4,6,16-17H,5H2. The molecule has 1 aliphatic rings. The average molecular weight is 308 g/mol. The van der Waals surface area contributed by atoms with Gasteiger partial charge in [0.25, 0.3) is 0 Å². The van der Waals surface area contributed by atoms with E-state index in [2.05, 4.69) is 15.9 Å². The van der Waals surface area contributed by atoms with Gasteiger partial charge in [0.2, 0.25) is 5.72 Å². The molecule has 0 radical (unpaired) electrons. The Morgan fingerprint density at radius 3 is 2.29 bits per heavy atom. The molecule has 17 heavy (non-hydrogen) atoms. The van der Waals surface area contributed by atoms with Gasteiger partial charge in [0.05, 0.1) is 0 Å². The van der Waals surface area contributed by atoms with Crippen LogP contribution in [0, 0.1) is 0 Å². The van der Waals surface area contributed by atoms with Crippen LogP contribution in [-0.2, 0) is 0 Å². The normalized spacial score (nSPS) is 24.4. The maximum Gasteiger partial charge on any atom is 0.436 e. The molecular weight excluding hydrogens is 299 g/mol. The molecule has 0 amide bonds. The van der Waals surface area contributed by atoms with Gasteiger partial charge in [-0.2, -0.15) is 13.2 Å². The van der Waals surface area contributed by atoms with Crippen molar-refractivity contribution in [2.45, 2.75) is 18.3 Å². The van der Waals surface area contributed by atoms with Crippen LogP contribution in [0.25, 0.3) is 5.57 Å². The second kappa shape index (κ2) is 4.03. The maximum atomic E-state index is 12.5. The highest BCUT2D eigenvalue weighted by Gasteiger charge is 2.55. The van der Waals surface area contributed by atoms with Crippen LogP contribution in [0.15, 0.2) is 34.9 Å². The lowest BCUT2D eigenvalue weighted by Gasteiger charge is -2.26. The summed E-state index contributed by atoms with van der Waals surface area (Å²) in [6.45, 7) is 0. The van der Waals surface area contributed by atoms with Gasteiger partial charge in [0.15, 0.2) is 0 Å². The number of nitrogens with one attached hydrogen (secondary N) is 1. The highest BCUT2D eigenvalue weighted by atomic mass is 79.9. The van der Waals surface area contributed by atoms with E-state index in [9.17, 15) is 18.3 Å². The van der Waals surface area contributed by atoms with Crippen LogP contribution in [0.5, 0.6) is 0 Å². The van der Waals surface area contributed by atoms with E-state index in [1.807, 2.05) is 5.32 Å². The van der Waals surface area contributed by atoms with Crippen LogP contribution in [-0.4, -0.2) is 17.0 Å². The Morgan fingerprint density at radius 1 is 1.24 bits per heavy atom. The van der Waals surface area contributed by atoms with Crippen molar-refractivity contribution in [1.29, 1.82) is 0 Å². The molecule has 6 heteroatoms. The smallest absolute Gasteiger partial charge is 0.363 e. The molecule has 0 spiro atoms. The summed E-state index contributed by atoms with van der Waals surface area (Å²) in [6.07, 6.45) is -3.98. The first-order valence-corrected chi connectivity index (χ1v) is 5.63. The molecule has 0 saturated carbocycles. The summed E-state index contributed by atoms with van der Waals surface area (Å²) in [5.74, 6) is 0. The maximum absolute atomic E-state index is 12.5. The molecule has 1 atom stereocenters. The molecule has 1 heterocycles. The molecule has 2 nitrogen and oxygen atoms in total. The largest absolute Gasteiger partial charge is 0.436 e. The molecule has 0 saturated heterocycles. The Kier molecular flexibility index (Phi) is 2.95. The van der Waals surface area contributed by atoms with Gasteiger partial charge in [-0.3, -0.25) is 0 Å². The molecule has 0 aromatic heterocycles. The summed E-state index contributed by atoms with van der Waals surface area (Å²) >= 11 is 3.24. The predicted octanol–water partition coefficient (Wildman–Crippen LogP) is 3.03. The lowest BCUT2D eigenvalue weighted by Crippen LogP contribution is -2.52. The molecule has 2 N–H and O–H groups in total. The Hall–Kier alpha value is -1.01. The van der Waals surface area contributed by atoms with E-state index >= 15 is 0 Å². The summed E-state index contributed by atoms with van der Waals surface area (Å²) in [5, 5.41) is 11.4. The van der Waals surface area contributed by atoms with Crippen molar-refractivity contribution in [3.05, 3.63) is 40.5 Å². The highest BCUT2D eigenvalue weighted by molar-refractivity contribution is 9.10. The fraction of sp³-hybridized carbons (Fsp3) is 0.273. The van der Waals surface area contributed by atoms with Crippen LogP contribution < -0.4 is 5.32 Å². The third-order valence-electron chi connectivity index (χ3n) is 2.62. The number of hydrogen-bond donors (Lipinski definition) is 2. The Balaban J connectivity index is 2.20. The number of benzene rings is 1. The molecule has 1 unspecified atom stereocenters. The zero-order chi connectivity index (χ0) is 12.7. The van der Waals surface area contributed by atoms with Crippen molar-refractivity contribution < 1.29 is 18.3 Å². The van der Waals surface area contributed by atoms with Gasteiger partial charge in [0.1, 0.15) is 0 Å². The number of halogens is 4. The van der Waals surface area contributed by atoms with Crippen LogP contribution in [0.3, 0.4) is 0 Å². The minimum atomic E-state index is -4.69. The summed E-state index contributed by atoms with van der Waals surface area (Å²) < 4.78 is 38.5. The second-order valence-electron chi connectivity index (χ2n) is 3.86. The molecule has 0 bridgehead atoms. The quantitative estimate of drug-likeness (QED) is 0.836. The van der Waals surface area contributed by atoms with E-state index in [1.165, 1.54) is 6.20 Å². The van der Waals surface area contributed by atoms with Gasteiger partial charge < -0.3 is 10.4 Å². The molecule has 1 aliphatic heterocycles. The molecule has 1 aromatic rings. The lowest BCUT2D eigenvalue weighted by atomic mass is 10.0. The van der Waals surface area contributed by atoms with Gasteiger partial charge in [0, 0.05) is 17.1 Å². The lowest BCUT2D eigenvalue weighted by molar-refractivity contribution is -0.263. The Morgan fingerprint density at radius 2 is 1.82 bits per heavy atom. The minimum absolute atomic E-state index is 0.428. The van der Waals surface area contributed by atoms with Gasteiger partial charge in [-0.25, -0.2) is 0 Å². The van der Waals surface area contributed by atoms with Crippen molar-refractivity contribution in [1.82, 2.24) is 5.32 Å². The average Bonchev–Trinajstić information content (AvgIpc) is 2.63. The highest BCUT2D eigenvalue weighted by Crippen LogP contribution is 2.39. The van der Waals surface area contributed by atoms with Crippen molar-refractivity contribution >= 4 is 21.5 Å². The first-order valence-electron chi connectivity index (χ1n) is 4.84. The Labute approximate surface area is 104 Å². The van der Waals surface area contributed by atoms with Crippen LogP contribution in [0.2, 0.25) is 0 Å². The molecule has 0 aliphatic carbocycles. The summed E-state index contributed by atoms with van der Waals surface area (Å²) in [5.41, 5.74) is -1.77. The van der Waals surface area contributed by atoms with Gasteiger partial charge >= 0.3 is 6.18 Å². The SMILES string of the molecule is OC1(C(F)(F)F)CC(c2ccc(Br)cc2)=CN1. The van der Waals surface area contributed by atoms with Crippen molar-refractivity contribution in [3.8, 4) is 0 Å². The third-order valence-corrected chi connectivity index (χ3v) is 3.14. The topological polar surface area (TPSA) is 32.3 Å².